The Morgan fingerprint density at radius 3 is 2.60 bits per heavy atom. The lowest BCUT2D eigenvalue weighted by atomic mass is 10.1. The van der Waals surface area contributed by atoms with Crippen LogP contribution in [0.5, 0.6) is 11.5 Å². The van der Waals surface area contributed by atoms with Gasteiger partial charge in [0.25, 0.3) is 11.8 Å². The topological polar surface area (TPSA) is 67.9 Å². The molecule has 0 saturated carbocycles. The number of thiocarbonyl (C=S) groups is 1. The molecule has 35 heavy (non-hydrogen) atoms. The van der Waals surface area contributed by atoms with Gasteiger partial charge in [-0.15, -0.1) is 0 Å². The first kappa shape index (κ1) is 24.8. The van der Waals surface area contributed by atoms with Gasteiger partial charge in [0.05, 0.1) is 11.5 Å². The maximum Gasteiger partial charge on any atom is 0.285 e. The number of hydrogen-bond acceptors (Lipinski definition) is 6. The van der Waals surface area contributed by atoms with Crippen molar-refractivity contribution in [1.82, 2.24) is 10.4 Å². The van der Waals surface area contributed by atoms with Crippen LogP contribution in [-0.4, -0.2) is 27.8 Å². The molecule has 1 fully saturated rings. The maximum atomic E-state index is 12.9. The minimum atomic E-state index is -0.483. The number of hydrogen-bond donors (Lipinski definition) is 1. The van der Waals surface area contributed by atoms with Crippen LogP contribution in [0, 0.1) is 0 Å². The molecule has 3 aromatic rings. The number of nitrogens with zero attached hydrogens (tertiary/aromatic N) is 1. The lowest BCUT2D eigenvalue weighted by Crippen LogP contribution is -2.44. The van der Waals surface area contributed by atoms with Crippen molar-refractivity contribution < 1.29 is 19.1 Å². The first-order chi connectivity index (χ1) is 16.9. The fourth-order valence-corrected chi connectivity index (χ4v) is 4.62. The van der Waals surface area contributed by atoms with Crippen molar-refractivity contribution in [1.29, 1.82) is 0 Å². The van der Waals surface area contributed by atoms with Gasteiger partial charge >= 0.3 is 0 Å². The molecule has 0 bridgehead atoms. The number of carbonyl (C=O) groups excluding carboxylic acids is 2. The molecule has 178 valence electrons. The van der Waals surface area contributed by atoms with E-state index in [1.54, 1.807) is 36.4 Å². The van der Waals surface area contributed by atoms with Crippen molar-refractivity contribution >= 4 is 57.8 Å². The van der Waals surface area contributed by atoms with Gasteiger partial charge in [0.15, 0.2) is 15.8 Å². The van der Waals surface area contributed by atoms with E-state index in [-0.39, 0.29) is 4.32 Å². The van der Waals surface area contributed by atoms with E-state index < -0.39 is 11.8 Å². The van der Waals surface area contributed by atoms with Crippen LogP contribution in [0.4, 0.5) is 0 Å². The van der Waals surface area contributed by atoms with E-state index in [0.29, 0.717) is 40.2 Å². The van der Waals surface area contributed by atoms with Gasteiger partial charge in [-0.2, -0.15) is 5.01 Å². The SMILES string of the molecule is CCOc1cc(/C=C2\SC(=S)N(NC(=O)c3cccc(Cl)c3)C2=O)ccc1OCc1ccccc1. The number of halogens is 1. The van der Waals surface area contributed by atoms with Crippen molar-refractivity contribution in [3.8, 4) is 11.5 Å². The summed E-state index contributed by atoms with van der Waals surface area (Å²) >= 11 is 12.4. The molecule has 6 nitrogen and oxygen atoms in total. The third kappa shape index (κ3) is 6.22. The highest BCUT2D eigenvalue weighted by atomic mass is 35.5. The van der Waals surface area contributed by atoms with Crippen molar-refractivity contribution in [2.24, 2.45) is 0 Å². The Hall–Kier alpha value is -3.33. The quantitative estimate of drug-likeness (QED) is 0.294. The van der Waals surface area contributed by atoms with Gasteiger partial charge in [-0.25, -0.2) is 0 Å². The highest BCUT2D eigenvalue weighted by Crippen LogP contribution is 2.34. The summed E-state index contributed by atoms with van der Waals surface area (Å²) in [6, 6.07) is 21.7. The summed E-state index contributed by atoms with van der Waals surface area (Å²) in [5, 5.41) is 1.49. The smallest absolute Gasteiger partial charge is 0.285 e. The average Bonchev–Trinajstić information content (AvgIpc) is 3.11. The van der Waals surface area contributed by atoms with Crippen molar-refractivity contribution in [3.05, 3.63) is 99.4 Å². The Balaban J connectivity index is 1.49. The fraction of sp³-hybridized carbons (Fsp3) is 0.115. The predicted octanol–water partition coefficient (Wildman–Crippen LogP) is 5.86. The van der Waals surface area contributed by atoms with Gasteiger partial charge in [-0.1, -0.05) is 65.8 Å². The molecule has 0 unspecified atom stereocenters. The fourth-order valence-electron chi connectivity index (χ4n) is 3.25. The molecule has 0 spiro atoms. The molecule has 1 saturated heterocycles. The molecule has 3 aromatic carbocycles. The summed E-state index contributed by atoms with van der Waals surface area (Å²) < 4.78 is 11.9. The van der Waals surface area contributed by atoms with Gasteiger partial charge < -0.3 is 9.47 Å². The number of rotatable bonds is 8. The van der Waals surface area contributed by atoms with Crippen LogP contribution in [-0.2, 0) is 11.4 Å². The van der Waals surface area contributed by atoms with Crippen molar-refractivity contribution in [2.75, 3.05) is 6.61 Å². The second-order valence-corrected chi connectivity index (χ2v) is 9.49. The highest BCUT2D eigenvalue weighted by molar-refractivity contribution is 8.26. The number of thioether (sulfide) groups is 1. The van der Waals surface area contributed by atoms with Crippen LogP contribution in [0.2, 0.25) is 5.02 Å². The summed E-state index contributed by atoms with van der Waals surface area (Å²) in [6.45, 7) is 2.76. The van der Waals surface area contributed by atoms with E-state index in [9.17, 15) is 9.59 Å². The number of ether oxygens (including phenoxy) is 2. The molecule has 0 radical (unpaired) electrons. The average molecular weight is 525 g/mol. The highest BCUT2D eigenvalue weighted by Gasteiger charge is 2.33. The van der Waals surface area contributed by atoms with Gasteiger partial charge in [-0.05, 0) is 66.7 Å². The lowest BCUT2D eigenvalue weighted by Gasteiger charge is -2.15. The zero-order valence-electron chi connectivity index (χ0n) is 18.7. The first-order valence-corrected chi connectivity index (χ1v) is 12.3. The monoisotopic (exact) mass is 524 g/mol. The Morgan fingerprint density at radius 2 is 1.86 bits per heavy atom. The number of nitrogens with one attached hydrogen (secondary N) is 1. The maximum absolute atomic E-state index is 12.9. The number of benzene rings is 3. The first-order valence-electron chi connectivity index (χ1n) is 10.7. The van der Waals surface area contributed by atoms with E-state index in [1.165, 1.54) is 6.07 Å². The van der Waals surface area contributed by atoms with Crippen LogP contribution in [0.15, 0.2) is 77.7 Å². The zero-order valence-corrected chi connectivity index (χ0v) is 21.1. The predicted molar refractivity (Wildman–Crippen MR) is 142 cm³/mol. The van der Waals surface area contributed by atoms with Gasteiger partial charge in [0.2, 0.25) is 0 Å². The normalized spacial score (nSPS) is 14.3. The molecule has 9 heteroatoms. The number of hydrazine groups is 1. The Morgan fingerprint density at radius 1 is 1.06 bits per heavy atom. The molecule has 0 aromatic heterocycles. The third-order valence-corrected chi connectivity index (χ3v) is 6.43. The summed E-state index contributed by atoms with van der Waals surface area (Å²) in [5.41, 5.74) is 4.65. The van der Waals surface area contributed by atoms with Crippen LogP contribution in [0.3, 0.4) is 0 Å². The van der Waals surface area contributed by atoms with Gasteiger partial charge in [0.1, 0.15) is 6.61 Å². The molecule has 1 N–H and O–H groups in total. The second kappa shape index (κ2) is 11.4. The van der Waals surface area contributed by atoms with Crippen LogP contribution >= 0.6 is 35.6 Å². The molecular formula is C26H21ClN2O4S2. The molecule has 1 aliphatic heterocycles. The zero-order chi connectivity index (χ0) is 24.8. The van der Waals surface area contributed by atoms with Crippen molar-refractivity contribution in [2.45, 2.75) is 13.5 Å². The standard InChI is InChI=1S/C26H21ClN2O4S2/c1-2-32-22-13-18(11-12-21(22)33-16-17-7-4-3-5-8-17)14-23-25(31)29(26(34)35-23)28-24(30)19-9-6-10-20(27)15-19/h3-15H,2,16H2,1H3,(H,28,30)/b23-14-. The molecule has 1 heterocycles. The van der Waals surface area contributed by atoms with Crippen LogP contribution in [0.25, 0.3) is 6.08 Å². The molecule has 1 aliphatic rings. The van der Waals surface area contributed by atoms with E-state index in [0.717, 1.165) is 27.9 Å². The van der Waals surface area contributed by atoms with E-state index in [2.05, 4.69) is 5.43 Å². The van der Waals surface area contributed by atoms with Crippen LogP contribution in [0.1, 0.15) is 28.4 Å². The lowest BCUT2D eigenvalue weighted by molar-refractivity contribution is -0.123. The van der Waals surface area contributed by atoms with E-state index in [1.807, 2.05) is 43.3 Å². The molecular weight excluding hydrogens is 504 g/mol. The Labute approximate surface area is 217 Å². The molecule has 4 rings (SSSR count). The van der Waals surface area contributed by atoms with E-state index in [4.69, 9.17) is 33.3 Å². The van der Waals surface area contributed by atoms with Gasteiger partial charge in [0, 0.05) is 10.6 Å². The molecule has 0 aliphatic carbocycles. The Bertz CT molecular complexity index is 1300. The summed E-state index contributed by atoms with van der Waals surface area (Å²) in [5.74, 6) is 0.275. The molecule has 0 atom stereocenters. The number of amides is 2. The minimum absolute atomic E-state index is 0.226. The Kier molecular flexibility index (Phi) is 8.07. The minimum Gasteiger partial charge on any atom is -0.490 e. The summed E-state index contributed by atoms with van der Waals surface area (Å²) in [4.78, 5) is 25.9. The third-order valence-electron chi connectivity index (χ3n) is 4.90. The van der Waals surface area contributed by atoms with Crippen LogP contribution < -0.4 is 14.9 Å². The molecule has 2 amide bonds. The number of carbonyl (C=O) groups is 2. The second-order valence-electron chi connectivity index (χ2n) is 7.38. The van der Waals surface area contributed by atoms with E-state index >= 15 is 0 Å². The van der Waals surface area contributed by atoms with Crippen molar-refractivity contribution in [3.63, 3.8) is 0 Å². The van der Waals surface area contributed by atoms with Gasteiger partial charge in [-0.3, -0.25) is 15.0 Å². The summed E-state index contributed by atoms with van der Waals surface area (Å²) in [7, 11) is 0. The summed E-state index contributed by atoms with van der Waals surface area (Å²) in [6.07, 6.45) is 1.70. The largest absolute Gasteiger partial charge is 0.490 e.